The second-order valence-electron chi connectivity index (χ2n) is 8.72. The number of carbonyl (C=O) groups is 1. The van der Waals surface area contributed by atoms with Crippen molar-refractivity contribution in [2.24, 2.45) is 0 Å². The lowest BCUT2D eigenvalue weighted by Crippen LogP contribution is -3.00. The first-order valence-electron chi connectivity index (χ1n) is 11.6. The van der Waals surface area contributed by atoms with Gasteiger partial charge in [0.25, 0.3) is 5.91 Å². The summed E-state index contributed by atoms with van der Waals surface area (Å²) in [7, 11) is 5.56. The van der Waals surface area contributed by atoms with Gasteiger partial charge in [-0.1, -0.05) is 29.4 Å². The standard InChI is InChI=1S/C28H30N4O4.ClH/c1-18-16-22(27-29-19(2)36-31-27)10-12-24(18)20-6-8-21(9-7-20)28(33)30-23-11-13-25(34-5)26(17-23)35-15-14-32(3)4;/h6-13,16-17H,14-15H2,1-5H3,(H,30,33);1H/p-1. The van der Waals surface area contributed by atoms with Crippen molar-refractivity contribution in [3.63, 3.8) is 0 Å². The van der Waals surface area contributed by atoms with Crippen LogP contribution in [0.25, 0.3) is 22.5 Å². The third kappa shape index (κ3) is 6.87. The van der Waals surface area contributed by atoms with E-state index in [1.54, 1.807) is 32.2 Å². The third-order valence-corrected chi connectivity index (χ3v) is 5.69. The Morgan fingerprint density at radius 1 is 0.973 bits per heavy atom. The van der Waals surface area contributed by atoms with E-state index in [1.807, 2.05) is 68.4 Å². The normalized spacial score (nSPS) is 10.6. The van der Waals surface area contributed by atoms with Crippen LogP contribution in [-0.2, 0) is 0 Å². The number of ether oxygens (including phenoxy) is 2. The Hall–Kier alpha value is -3.88. The predicted octanol–water partition coefficient (Wildman–Crippen LogP) is 2.23. The molecule has 1 aromatic heterocycles. The SMILES string of the molecule is COc1ccc(NC(=O)c2ccc(-c3ccc(-c4noc(C)n4)cc3C)cc2)cc1OCCN(C)C.[Cl-]. The third-order valence-electron chi connectivity index (χ3n) is 5.69. The molecule has 0 fully saturated rings. The molecular formula is C28H30ClN4O4-. The number of amides is 1. The van der Waals surface area contributed by atoms with E-state index in [0.717, 1.165) is 28.8 Å². The lowest BCUT2D eigenvalue weighted by molar-refractivity contribution is -0.0000164. The highest BCUT2D eigenvalue weighted by molar-refractivity contribution is 6.04. The van der Waals surface area contributed by atoms with E-state index >= 15 is 0 Å². The summed E-state index contributed by atoms with van der Waals surface area (Å²) < 4.78 is 16.3. The monoisotopic (exact) mass is 521 g/mol. The number of hydrogen-bond donors (Lipinski definition) is 1. The molecule has 1 N–H and O–H groups in total. The number of anilines is 1. The number of nitrogens with one attached hydrogen (secondary N) is 1. The number of rotatable bonds is 9. The fourth-order valence-electron chi connectivity index (χ4n) is 3.75. The number of methoxy groups -OCH3 is 1. The van der Waals surface area contributed by atoms with E-state index in [1.165, 1.54) is 0 Å². The first-order chi connectivity index (χ1) is 17.3. The number of benzene rings is 3. The van der Waals surface area contributed by atoms with Crippen LogP contribution in [0.5, 0.6) is 11.5 Å². The molecule has 8 nitrogen and oxygen atoms in total. The maximum absolute atomic E-state index is 12.9. The van der Waals surface area contributed by atoms with E-state index in [-0.39, 0.29) is 18.3 Å². The molecule has 0 aliphatic carbocycles. The van der Waals surface area contributed by atoms with Crippen molar-refractivity contribution in [1.29, 1.82) is 0 Å². The molecule has 0 bridgehead atoms. The number of hydrogen-bond acceptors (Lipinski definition) is 7. The summed E-state index contributed by atoms with van der Waals surface area (Å²) in [4.78, 5) is 19.2. The molecule has 1 heterocycles. The summed E-state index contributed by atoms with van der Waals surface area (Å²) in [6, 6.07) is 18.9. The number of carbonyl (C=O) groups excluding carboxylic acids is 1. The molecule has 4 rings (SSSR count). The molecule has 0 aliphatic heterocycles. The van der Waals surface area contributed by atoms with Crippen molar-refractivity contribution in [2.45, 2.75) is 13.8 Å². The zero-order valence-electron chi connectivity index (χ0n) is 21.5. The zero-order valence-corrected chi connectivity index (χ0v) is 22.3. The molecule has 0 aliphatic rings. The summed E-state index contributed by atoms with van der Waals surface area (Å²) >= 11 is 0. The lowest BCUT2D eigenvalue weighted by atomic mass is 9.97. The summed E-state index contributed by atoms with van der Waals surface area (Å²) in [5.41, 5.74) is 5.25. The zero-order chi connectivity index (χ0) is 25.7. The Morgan fingerprint density at radius 2 is 1.70 bits per heavy atom. The maximum Gasteiger partial charge on any atom is 0.255 e. The average Bonchev–Trinajstić information content (AvgIpc) is 3.30. The fourth-order valence-corrected chi connectivity index (χ4v) is 3.75. The average molecular weight is 522 g/mol. The van der Waals surface area contributed by atoms with Crippen molar-refractivity contribution < 1.29 is 31.2 Å². The minimum Gasteiger partial charge on any atom is -1.00 e. The summed E-state index contributed by atoms with van der Waals surface area (Å²) in [6.07, 6.45) is 0. The van der Waals surface area contributed by atoms with E-state index in [2.05, 4.69) is 15.5 Å². The molecule has 0 spiro atoms. The molecule has 0 unspecified atom stereocenters. The van der Waals surface area contributed by atoms with Gasteiger partial charge >= 0.3 is 0 Å². The Kier molecular flexibility index (Phi) is 9.27. The Balaban J connectivity index is 0.00000380. The van der Waals surface area contributed by atoms with Crippen molar-refractivity contribution in [1.82, 2.24) is 15.0 Å². The Morgan fingerprint density at radius 3 is 2.32 bits per heavy atom. The van der Waals surface area contributed by atoms with Crippen LogP contribution in [0.4, 0.5) is 5.69 Å². The molecule has 0 atom stereocenters. The van der Waals surface area contributed by atoms with Crippen LogP contribution in [0.2, 0.25) is 0 Å². The highest BCUT2D eigenvalue weighted by Gasteiger charge is 2.12. The van der Waals surface area contributed by atoms with Gasteiger partial charge in [-0.25, -0.2) is 0 Å². The van der Waals surface area contributed by atoms with E-state index < -0.39 is 0 Å². The van der Waals surface area contributed by atoms with Gasteiger partial charge in [0.1, 0.15) is 6.61 Å². The van der Waals surface area contributed by atoms with Crippen molar-refractivity contribution in [3.05, 3.63) is 77.7 Å². The van der Waals surface area contributed by atoms with E-state index in [9.17, 15) is 4.79 Å². The van der Waals surface area contributed by atoms with Gasteiger partial charge in [0.15, 0.2) is 11.5 Å². The maximum atomic E-state index is 12.9. The number of likely N-dealkylation sites (N-methyl/N-ethyl adjacent to an activating group) is 1. The summed E-state index contributed by atoms with van der Waals surface area (Å²) in [6.45, 7) is 5.08. The fraction of sp³-hybridized carbons (Fsp3) is 0.250. The molecule has 3 aromatic carbocycles. The summed E-state index contributed by atoms with van der Waals surface area (Å²) in [5, 5.41) is 6.92. The summed E-state index contributed by atoms with van der Waals surface area (Å²) in [5.74, 6) is 2.10. The van der Waals surface area contributed by atoms with Crippen LogP contribution in [0, 0.1) is 13.8 Å². The number of nitrogens with zero attached hydrogens (tertiary/aromatic N) is 3. The molecule has 0 radical (unpaired) electrons. The second kappa shape index (κ2) is 12.4. The van der Waals surface area contributed by atoms with Crippen LogP contribution >= 0.6 is 0 Å². The lowest BCUT2D eigenvalue weighted by Gasteiger charge is -2.15. The molecular weight excluding hydrogens is 492 g/mol. The highest BCUT2D eigenvalue weighted by atomic mass is 35.5. The Bertz CT molecular complexity index is 1350. The molecule has 1 amide bonds. The van der Waals surface area contributed by atoms with Crippen LogP contribution < -0.4 is 27.2 Å². The van der Waals surface area contributed by atoms with Crippen LogP contribution in [0.15, 0.2) is 65.2 Å². The molecule has 9 heteroatoms. The smallest absolute Gasteiger partial charge is 0.255 e. The molecule has 194 valence electrons. The molecule has 37 heavy (non-hydrogen) atoms. The van der Waals surface area contributed by atoms with Gasteiger partial charge in [-0.05, 0) is 68.0 Å². The van der Waals surface area contributed by atoms with Gasteiger partial charge < -0.3 is 36.6 Å². The van der Waals surface area contributed by atoms with E-state index in [4.69, 9.17) is 14.0 Å². The molecule has 0 saturated carbocycles. The van der Waals surface area contributed by atoms with Crippen LogP contribution in [0.3, 0.4) is 0 Å². The van der Waals surface area contributed by atoms with Crippen LogP contribution in [0.1, 0.15) is 21.8 Å². The van der Waals surface area contributed by atoms with Crippen molar-refractivity contribution >= 4 is 11.6 Å². The topological polar surface area (TPSA) is 89.7 Å². The van der Waals surface area contributed by atoms with Gasteiger partial charge in [0, 0.05) is 36.3 Å². The predicted molar refractivity (Wildman–Crippen MR) is 140 cm³/mol. The Labute approximate surface area is 223 Å². The van der Waals surface area contributed by atoms with Gasteiger partial charge in [0.2, 0.25) is 11.7 Å². The number of aryl methyl sites for hydroxylation is 2. The number of aromatic nitrogens is 2. The molecule has 4 aromatic rings. The minimum absolute atomic E-state index is 0. The van der Waals surface area contributed by atoms with Crippen LogP contribution in [-0.4, -0.2) is 55.3 Å². The van der Waals surface area contributed by atoms with E-state index in [0.29, 0.717) is 41.1 Å². The second-order valence-corrected chi connectivity index (χ2v) is 8.72. The quantitative estimate of drug-likeness (QED) is 0.361. The van der Waals surface area contributed by atoms with Crippen molar-refractivity contribution in [3.8, 4) is 34.0 Å². The van der Waals surface area contributed by atoms with Gasteiger partial charge in [-0.15, -0.1) is 0 Å². The van der Waals surface area contributed by atoms with Crippen molar-refractivity contribution in [2.75, 3.05) is 39.7 Å². The first-order valence-corrected chi connectivity index (χ1v) is 11.6. The first kappa shape index (κ1) is 27.7. The van der Waals surface area contributed by atoms with Gasteiger partial charge in [0.05, 0.1) is 7.11 Å². The highest BCUT2D eigenvalue weighted by Crippen LogP contribution is 2.31. The molecule has 0 saturated heterocycles. The minimum atomic E-state index is -0.203. The van der Waals surface area contributed by atoms with Gasteiger partial charge in [-0.2, -0.15) is 4.98 Å². The number of halogens is 1. The van der Waals surface area contributed by atoms with Gasteiger partial charge in [-0.3, -0.25) is 4.79 Å². The largest absolute Gasteiger partial charge is 1.00 e.